The summed E-state index contributed by atoms with van der Waals surface area (Å²) in [5.41, 5.74) is 1.44. The van der Waals surface area contributed by atoms with Crippen molar-refractivity contribution >= 4 is 11.6 Å². The van der Waals surface area contributed by atoms with Crippen LogP contribution in [0.1, 0.15) is 55.6 Å². The van der Waals surface area contributed by atoms with Crippen LogP contribution in [0.4, 0.5) is 0 Å². The Labute approximate surface area is 114 Å². The van der Waals surface area contributed by atoms with E-state index in [0.717, 1.165) is 25.0 Å². The van der Waals surface area contributed by atoms with Gasteiger partial charge in [-0.15, -0.1) is 0 Å². The number of aryl methyl sites for hydroxylation is 2. The van der Waals surface area contributed by atoms with Crippen molar-refractivity contribution in [3.8, 4) is 0 Å². The zero-order valence-corrected chi connectivity index (χ0v) is 12.0. The minimum Gasteiger partial charge on any atom is -0.299 e. The van der Waals surface area contributed by atoms with Crippen LogP contribution in [0.15, 0.2) is 6.20 Å². The predicted molar refractivity (Wildman–Crippen MR) is 73.0 cm³/mol. The van der Waals surface area contributed by atoms with Crippen LogP contribution in [0.25, 0.3) is 0 Å². The second-order valence-corrected chi connectivity index (χ2v) is 5.45. The maximum Gasteiger partial charge on any atom is 0.176 e. The van der Waals surface area contributed by atoms with E-state index in [1.165, 1.54) is 0 Å². The van der Waals surface area contributed by atoms with Crippen LogP contribution >= 0.6 is 0 Å². The molecule has 1 aliphatic rings. The molecule has 4 heteroatoms. The highest BCUT2D eigenvalue weighted by molar-refractivity contribution is 6.11. The summed E-state index contributed by atoms with van der Waals surface area (Å²) in [6, 6.07) is 0. The van der Waals surface area contributed by atoms with E-state index in [1.807, 2.05) is 14.0 Å². The molecular formula is C15H22N2O2. The number of carbonyl (C=O) groups is 2. The third-order valence-electron chi connectivity index (χ3n) is 4.16. The Kier molecular flexibility index (Phi) is 4.17. The van der Waals surface area contributed by atoms with Gasteiger partial charge in [0.25, 0.3) is 0 Å². The number of aromatic nitrogens is 2. The first kappa shape index (κ1) is 14.0. The molecule has 0 amide bonds. The summed E-state index contributed by atoms with van der Waals surface area (Å²) < 4.78 is 1.66. The van der Waals surface area contributed by atoms with Gasteiger partial charge in [-0.25, -0.2) is 0 Å². The number of rotatable bonds is 4. The fourth-order valence-electron chi connectivity index (χ4n) is 2.92. The van der Waals surface area contributed by atoms with Crippen molar-refractivity contribution in [2.24, 2.45) is 18.9 Å². The fraction of sp³-hybridized carbons (Fsp3) is 0.667. The molecule has 0 saturated heterocycles. The highest BCUT2D eigenvalue weighted by Gasteiger charge is 2.34. The Balaban J connectivity index is 2.24. The smallest absolute Gasteiger partial charge is 0.176 e. The Morgan fingerprint density at radius 1 is 1.47 bits per heavy atom. The highest BCUT2D eigenvalue weighted by atomic mass is 16.2. The van der Waals surface area contributed by atoms with E-state index < -0.39 is 5.92 Å². The molecule has 1 fully saturated rings. The number of hydrogen-bond donors (Lipinski definition) is 0. The third-order valence-corrected chi connectivity index (χ3v) is 4.16. The molecule has 1 saturated carbocycles. The van der Waals surface area contributed by atoms with Crippen LogP contribution in [0, 0.1) is 11.8 Å². The molecule has 1 heterocycles. The first-order valence-corrected chi connectivity index (χ1v) is 7.16. The molecule has 2 atom stereocenters. The lowest BCUT2D eigenvalue weighted by molar-refractivity contribution is -0.123. The predicted octanol–water partition coefficient (Wildman–Crippen LogP) is 2.56. The van der Waals surface area contributed by atoms with Crippen LogP contribution in [0.3, 0.4) is 0 Å². The molecule has 1 aromatic heterocycles. The lowest BCUT2D eigenvalue weighted by Crippen LogP contribution is -2.31. The molecule has 104 valence electrons. The van der Waals surface area contributed by atoms with Crippen LogP contribution in [0.5, 0.6) is 0 Å². The molecule has 0 N–H and O–H groups in total. The van der Waals surface area contributed by atoms with Crippen LogP contribution < -0.4 is 0 Å². The number of hydrogen-bond acceptors (Lipinski definition) is 3. The van der Waals surface area contributed by atoms with Gasteiger partial charge in [-0.3, -0.25) is 14.3 Å². The normalized spacial score (nSPS) is 23.6. The van der Waals surface area contributed by atoms with Crippen LogP contribution in [0.2, 0.25) is 0 Å². The highest BCUT2D eigenvalue weighted by Crippen LogP contribution is 2.31. The summed E-state index contributed by atoms with van der Waals surface area (Å²) in [5, 5.41) is 4.29. The number of nitrogens with zero attached hydrogens (tertiary/aromatic N) is 2. The zero-order chi connectivity index (χ0) is 14.0. The molecule has 1 aromatic rings. The average molecular weight is 262 g/mol. The SMILES string of the molecule is CCc1nn(C)cc1C(=O)C1CC(CC)CCC1=O. The number of Topliss-reactive ketones (excluding diaryl/α,β-unsaturated/α-hetero) is 2. The lowest BCUT2D eigenvalue weighted by Gasteiger charge is -2.26. The van der Waals surface area contributed by atoms with Gasteiger partial charge in [-0.1, -0.05) is 20.3 Å². The van der Waals surface area contributed by atoms with Crippen LogP contribution in [-0.4, -0.2) is 21.3 Å². The minimum absolute atomic E-state index is 0.0203. The molecule has 1 aliphatic carbocycles. The van der Waals surface area contributed by atoms with Crippen molar-refractivity contribution in [2.75, 3.05) is 0 Å². The molecule has 0 aliphatic heterocycles. The van der Waals surface area contributed by atoms with Gasteiger partial charge in [0.05, 0.1) is 17.2 Å². The third kappa shape index (κ3) is 2.77. The average Bonchev–Trinajstić information content (AvgIpc) is 2.79. The summed E-state index contributed by atoms with van der Waals surface area (Å²) in [4.78, 5) is 24.6. The van der Waals surface area contributed by atoms with E-state index in [9.17, 15) is 9.59 Å². The van der Waals surface area contributed by atoms with E-state index in [4.69, 9.17) is 0 Å². The summed E-state index contributed by atoms with van der Waals surface area (Å²) in [6.45, 7) is 4.11. The van der Waals surface area contributed by atoms with Gasteiger partial charge >= 0.3 is 0 Å². The van der Waals surface area contributed by atoms with Gasteiger partial charge in [-0.2, -0.15) is 5.10 Å². The van der Waals surface area contributed by atoms with E-state index in [0.29, 0.717) is 24.3 Å². The van der Waals surface area contributed by atoms with Gasteiger partial charge in [-0.05, 0) is 25.2 Å². The summed E-state index contributed by atoms with van der Waals surface area (Å²) in [7, 11) is 1.81. The fourth-order valence-corrected chi connectivity index (χ4v) is 2.92. The van der Waals surface area contributed by atoms with Crippen molar-refractivity contribution in [1.29, 1.82) is 0 Å². The first-order chi connectivity index (χ1) is 9.06. The van der Waals surface area contributed by atoms with Gasteiger partial charge in [0, 0.05) is 19.7 Å². The monoisotopic (exact) mass is 262 g/mol. The Morgan fingerprint density at radius 2 is 2.21 bits per heavy atom. The molecule has 4 nitrogen and oxygen atoms in total. The van der Waals surface area contributed by atoms with Crippen molar-refractivity contribution in [3.63, 3.8) is 0 Å². The maximum absolute atomic E-state index is 12.6. The van der Waals surface area contributed by atoms with Crippen molar-refractivity contribution < 1.29 is 9.59 Å². The van der Waals surface area contributed by atoms with E-state index in [-0.39, 0.29) is 11.6 Å². The van der Waals surface area contributed by atoms with Gasteiger partial charge in [0.2, 0.25) is 0 Å². The van der Waals surface area contributed by atoms with Crippen molar-refractivity contribution in [1.82, 2.24) is 9.78 Å². The summed E-state index contributed by atoms with van der Waals surface area (Å²) in [5.74, 6) is 0.162. The quantitative estimate of drug-likeness (QED) is 0.619. The molecule has 2 unspecified atom stereocenters. The molecule has 19 heavy (non-hydrogen) atoms. The van der Waals surface area contributed by atoms with Crippen molar-refractivity contribution in [2.45, 2.75) is 46.0 Å². The second kappa shape index (κ2) is 5.68. The molecule has 0 radical (unpaired) electrons. The topological polar surface area (TPSA) is 52.0 Å². The van der Waals surface area contributed by atoms with E-state index in [2.05, 4.69) is 12.0 Å². The first-order valence-electron chi connectivity index (χ1n) is 7.16. The molecule has 0 aromatic carbocycles. The maximum atomic E-state index is 12.6. The second-order valence-electron chi connectivity index (χ2n) is 5.45. The standard InChI is InChI=1S/C15H22N2O2/c1-4-10-6-7-14(18)11(8-10)15(19)12-9-17(3)16-13(12)5-2/h9-11H,4-8H2,1-3H3. The van der Waals surface area contributed by atoms with Gasteiger partial charge in [0.1, 0.15) is 5.78 Å². The van der Waals surface area contributed by atoms with Gasteiger partial charge in [0.15, 0.2) is 5.78 Å². The number of carbonyl (C=O) groups excluding carboxylic acids is 2. The molecule has 0 spiro atoms. The Bertz CT molecular complexity index is 490. The summed E-state index contributed by atoms with van der Waals surface area (Å²) >= 11 is 0. The number of ketones is 2. The zero-order valence-electron chi connectivity index (χ0n) is 12.0. The van der Waals surface area contributed by atoms with E-state index >= 15 is 0 Å². The van der Waals surface area contributed by atoms with Crippen molar-refractivity contribution in [3.05, 3.63) is 17.5 Å². The molecular weight excluding hydrogens is 240 g/mol. The lowest BCUT2D eigenvalue weighted by atomic mass is 9.76. The van der Waals surface area contributed by atoms with Crippen LogP contribution in [-0.2, 0) is 18.3 Å². The minimum atomic E-state index is -0.437. The van der Waals surface area contributed by atoms with E-state index in [1.54, 1.807) is 10.9 Å². The largest absolute Gasteiger partial charge is 0.299 e. The Hall–Kier alpha value is -1.45. The summed E-state index contributed by atoms with van der Waals surface area (Å²) in [6.07, 6.45) is 5.73. The van der Waals surface area contributed by atoms with Gasteiger partial charge < -0.3 is 0 Å². The molecule has 0 bridgehead atoms. The Morgan fingerprint density at radius 3 is 2.84 bits per heavy atom. The molecule has 2 rings (SSSR count).